The van der Waals surface area contributed by atoms with Gasteiger partial charge in [0.25, 0.3) is 0 Å². The van der Waals surface area contributed by atoms with Crippen LogP contribution in [-0.4, -0.2) is 30.4 Å². The van der Waals surface area contributed by atoms with Crippen molar-refractivity contribution in [2.45, 2.75) is 19.5 Å². The van der Waals surface area contributed by atoms with Crippen LogP contribution in [0.5, 0.6) is 0 Å². The summed E-state index contributed by atoms with van der Waals surface area (Å²) < 4.78 is 5.08. The highest BCUT2D eigenvalue weighted by atomic mass is 16.3. The standard InChI is InChI=1S/C17H20N4O4/c1-12(20-17(24)21-13-6-3-2-4-7-13)16(23)19-11-15(22)18-10-14-8-5-9-25-14/h2-9,12H,10-11H2,1H3,(H,18,22)(H,19,23)(H2,20,21,24)/t12-/m0/s1. The van der Waals surface area contributed by atoms with Crippen LogP contribution in [0.15, 0.2) is 53.1 Å². The second-order valence-electron chi connectivity index (χ2n) is 5.26. The summed E-state index contributed by atoms with van der Waals surface area (Å²) in [6, 6.07) is 11.0. The molecule has 0 aliphatic carbocycles. The largest absolute Gasteiger partial charge is 0.467 e. The summed E-state index contributed by atoms with van der Waals surface area (Å²) in [7, 11) is 0. The van der Waals surface area contributed by atoms with Gasteiger partial charge in [-0.25, -0.2) is 4.79 Å². The number of urea groups is 1. The average Bonchev–Trinajstić information content (AvgIpc) is 3.12. The van der Waals surface area contributed by atoms with Gasteiger partial charge < -0.3 is 25.7 Å². The Hall–Kier alpha value is -3.29. The number of nitrogens with one attached hydrogen (secondary N) is 4. The smallest absolute Gasteiger partial charge is 0.319 e. The Morgan fingerprint density at radius 3 is 2.48 bits per heavy atom. The van der Waals surface area contributed by atoms with Crippen molar-refractivity contribution in [3.63, 3.8) is 0 Å². The van der Waals surface area contributed by atoms with E-state index in [0.29, 0.717) is 11.4 Å². The molecule has 4 N–H and O–H groups in total. The predicted molar refractivity (Wildman–Crippen MR) is 91.6 cm³/mol. The molecule has 25 heavy (non-hydrogen) atoms. The molecule has 8 heteroatoms. The number of furan rings is 1. The van der Waals surface area contributed by atoms with E-state index >= 15 is 0 Å². The highest BCUT2D eigenvalue weighted by Gasteiger charge is 2.16. The van der Waals surface area contributed by atoms with E-state index in [-0.39, 0.29) is 19.0 Å². The third-order valence-corrected chi connectivity index (χ3v) is 3.24. The van der Waals surface area contributed by atoms with Gasteiger partial charge in [-0.3, -0.25) is 9.59 Å². The first-order chi connectivity index (χ1) is 12.0. The zero-order valence-electron chi connectivity index (χ0n) is 13.7. The van der Waals surface area contributed by atoms with Crippen LogP contribution in [0.4, 0.5) is 10.5 Å². The second-order valence-corrected chi connectivity index (χ2v) is 5.26. The molecule has 0 spiro atoms. The first kappa shape index (κ1) is 18.1. The molecule has 1 aromatic carbocycles. The molecule has 2 rings (SSSR count). The number of carbonyl (C=O) groups is 3. The molecule has 1 aromatic heterocycles. The van der Waals surface area contributed by atoms with Gasteiger partial charge in [0.2, 0.25) is 11.8 Å². The Morgan fingerprint density at radius 2 is 1.80 bits per heavy atom. The Morgan fingerprint density at radius 1 is 1.04 bits per heavy atom. The number of hydrogen-bond acceptors (Lipinski definition) is 4. The van der Waals surface area contributed by atoms with Crippen LogP contribution in [0, 0.1) is 0 Å². The van der Waals surface area contributed by atoms with Gasteiger partial charge in [-0.2, -0.15) is 0 Å². The quantitative estimate of drug-likeness (QED) is 0.605. The van der Waals surface area contributed by atoms with E-state index in [0.717, 1.165) is 0 Å². The average molecular weight is 344 g/mol. The van der Waals surface area contributed by atoms with Gasteiger partial charge in [0, 0.05) is 5.69 Å². The van der Waals surface area contributed by atoms with E-state index in [9.17, 15) is 14.4 Å². The third kappa shape index (κ3) is 6.38. The minimum Gasteiger partial charge on any atom is -0.467 e. The van der Waals surface area contributed by atoms with Gasteiger partial charge in [-0.15, -0.1) is 0 Å². The number of amides is 4. The van der Waals surface area contributed by atoms with E-state index in [1.54, 1.807) is 36.4 Å². The minimum absolute atomic E-state index is 0.189. The monoisotopic (exact) mass is 344 g/mol. The fourth-order valence-corrected chi connectivity index (χ4v) is 1.93. The van der Waals surface area contributed by atoms with Gasteiger partial charge in [-0.05, 0) is 31.2 Å². The molecule has 0 aliphatic heterocycles. The van der Waals surface area contributed by atoms with Crippen LogP contribution in [0.1, 0.15) is 12.7 Å². The van der Waals surface area contributed by atoms with E-state index in [4.69, 9.17) is 4.42 Å². The van der Waals surface area contributed by atoms with Gasteiger partial charge >= 0.3 is 6.03 Å². The third-order valence-electron chi connectivity index (χ3n) is 3.24. The van der Waals surface area contributed by atoms with Crippen LogP contribution in [0.3, 0.4) is 0 Å². The van der Waals surface area contributed by atoms with Crippen molar-refractivity contribution < 1.29 is 18.8 Å². The molecule has 4 amide bonds. The lowest BCUT2D eigenvalue weighted by Gasteiger charge is -2.14. The predicted octanol–water partition coefficient (Wildman–Crippen LogP) is 1.22. The number of carbonyl (C=O) groups excluding carboxylic acids is 3. The summed E-state index contributed by atoms with van der Waals surface area (Å²) >= 11 is 0. The Labute approximate surface area is 145 Å². The molecule has 0 saturated heterocycles. The zero-order valence-corrected chi connectivity index (χ0v) is 13.7. The van der Waals surface area contributed by atoms with Crippen LogP contribution in [0.25, 0.3) is 0 Å². The second kappa shape index (κ2) is 9.11. The van der Waals surface area contributed by atoms with E-state index in [2.05, 4.69) is 21.3 Å². The molecule has 2 aromatic rings. The lowest BCUT2D eigenvalue weighted by molar-refractivity contribution is -0.127. The van der Waals surface area contributed by atoms with Crippen molar-refractivity contribution in [2.75, 3.05) is 11.9 Å². The number of anilines is 1. The molecule has 0 unspecified atom stereocenters. The molecule has 1 atom stereocenters. The van der Waals surface area contributed by atoms with Crippen molar-refractivity contribution in [1.82, 2.24) is 16.0 Å². The van der Waals surface area contributed by atoms with Crippen molar-refractivity contribution in [3.05, 3.63) is 54.5 Å². The summed E-state index contributed by atoms with van der Waals surface area (Å²) in [6.45, 7) is 1.58. The normalized spacial score (nSPS) is 11.2. The summed E-state index contributed by atoms with van der Waals surface area (Å²) in [5.74, 6) is -0.200. The lowest BCUT2D eigenvalue weighted by atomic mass is 10.3. The fraction of sp³-hybridized carbons (Fsp3) is 0.235. The van der Waals surface area contributed by atoms with Gasteiger partial charge in [0.15, 0.2) is 0 Å². The molecule has 0 radical (unpaired) electrons. The zero-order chi connectivity index (χ0) is 18.1. The number of para-hydroxylation sites is 1. The Balaban J connectivity index is 1.67. The molecule has 1 heterocycles. The van der Waals surface area contributed by atoms with Gasteiger partial charge in [0.05, 0.1) is 19.4 Å². The number of hydrogen-bond donors (Lipinski definition) is 4. The summed E-state index contributed by atoms with van der Waals surface area (Å²) in [4.78, 5) is 35.4. The lowest BCUT2D eigenvalue weighted by Crippen LogP contribution is -2.48. The van der Waals surface area contributed by atoms with E-state index < -0.39 is 18.0 Å². The van der Waals surface area contributed by atoms with Crippen molar-refractivity contribution in [3.8, 4) is 0 Å². The maximum Gasteiger partial charge on any atom is 0.319 e. The van der Waals surface area contributed by atoms with Crippen LogP contribution >= 0.6 is 0 Å². The van der Waals surface area contributed by atoms with E-state index in [1.165, 1.54) is 13.2 Å². The molecule has 132 valence electrons. The summed E-state index contributed by atoms with van der Waals surface area (Å²) in [5, 5.41) is 10.2. The molecular weight excluding hydrogens is 324 g/mol. The summed E-state index contributed by atoms with van der Waals surface area (Å²) in [6.07, 6.45) is 1.51. The van der Waals surface area contributed by atoms with Gasteiger partial charge in [-0.1, -0.05) is 18.2 Å². The SMILES string of the molecule is C[C@H](NC(=O)Nc1ccccc1)C(=O)NCC(=O)NCc1ccco1. The maximum atomic E-state index is 11.9. The van der Waals surface area contributed by atoms with E-state index in [1.807, 2.05) is 6.07 Å². The van der Waals surface area contributed by atoms with Crippen LogP contribution < -0.4 is 21.3 Å². The molecule has 0 fully saturated rings. The molecule has 0 bridgehead atoms. The minimum atomic E-state index is -0.790. The molecule has 0 saturated carbocycles. The Bertz CT molecular complexity index is 701. The first-order valence-corrected chi connectivity index (χ1v) is 7.74. The Kier molecular flexibility index (Phi) is 6.58. The number of benzene rings is 1. The van der Waals surface area contributed by atoms with Crippen molar-refractivity contribution in [2.24, 2.45) is 0 Å². The van der Waals surface area contributed by atoms with Crippen molar-refractivity contribution >= 4 is 23.5 Å². The summed E-state index contributed by atoms with van der Waals surface area (Å²) in [5.41, 5.74) is 0.616. The fourth-order valence-electron chi connectivity index (χ4n) is 1.93. The maximum absolute atomic E-state index is 11.9. The van der Waals surface area contributed by atoms with Crippen LogP contribution in [0.2, 0.25) is 0 Å². The van der Waals surface area contributed by atoms with Crippen LogP contribution in [-0.2, 0) is 16.1 Å². The van der Waals surface area contributed by atoms with Gasteiger partial charge in [0.1, 0.15) is 11.8 Å². The number of rotatable bonds is 7. The highest BCUT2D eigenvalue weighted by molar-refractivity contribution is 5.94. The first-order valence-electron chi connectivity index (χ1n) is 7.74. The molecule has 0 aliphatic rings. The van der Waals surface area contributed by atoms with Crippen molar-refractivity contribution in [1.29, 1.82) is 0 Å². The topological polar surface area (TPSA) is 112 Å². The highest BCUT2D eigenvalue weighted by Crippen LogP contribution is 2.04. The molecule has 8 nitrogen and oxygen atoms in total. The molecular formula is C17H20N4O4.